The number of carbonyl (C=O) groups is 3. The SMILES string of the molecule is COC(=O)[C@@H]1CN(C(=O)CO[C@@H]2C[C@H](C)CC[C@H]2C(C)C)C(=O)N1. The molecule has 2 rings (SSSR count). The molecule has 1 saturated carbocycles. The van der Waals surface area contributed by atoms with Crippen molar-refractivity contribution < 1.29 is 23.9 Å². The van der Waals surface area contributed by atoms with Crippen LogP contribution in [0.15, 0.2) is 0 Å². The summed E-state index contributed by atoms with van der Waals surface area (Å²) in [5.74, 6) is 0.541. The summed E-state index contributed by atoms with van der Waals surface area (Å²) in [5.41, 5.74) is 0. The molecule has 7 nitrogen and oxygen atoms in total. The first-order valence-corrected chi connectivity index (χ1v) is 8.63. The van der Waals surface area contributed by atoms with E-state index >= 15 is 0 Å². The number of rotatable bonds is 5. The first-order chi connectivity index (χ1) is 11.3. The van der Waals surface area contributed by atoms with E-state index < -0.39 is 23.9 Å². The lowest BCUT2D eigenvalue weighted by molar-refractivity contribution is -0.143. The molecule has 1 saturated heterocycles. The zero-order chi connectivity index (χ0) is 17.9. The number of hydrogen-bond donors (Lipinski definition) is 1. The maximum Gasteiger partial charge on any atom is 0.330 e. The van der Waals surface area contributed by atoms with Crippen LogP contribution in [0.3, 0.4) is 0 Å². The Morgan fingerprint density at radius 3 is 2.67 bits per heavy atom. The van der Waals surface area contributed by atoms with E-state index in [1.807, 2.05) is 0 Å². The summed E-state index contributed by atoms with van der Waals surface area (Å²) in [5, 5.41) is 2.44. The summed E-state index contributed by atoms with van der Waals surface area (Å²) in [6.45, 7) is 6.40. The van der Waals surface area contributed by atoms with Crippen LogP contribution in [0.5, 0.6) is 0 Å². The van der Waals surface area contributed by atoms with Crippen LogP contribution in [0.25, 0.3) is 0 Å². The summed E-state index contributed by atoms with van der Waals surface area (Å²) in [4.78, 5) is 36.7. The molecule has 1 aliphatic heterocycles. The number of methoxy groups -OCH3 is 1. The minimum atomic E-state index is -0.801. The molecule has 4 atom stereocenters. The lowest BCUT2D eigenvalue weighted by Gasteiger charge is -2.37. The fourth-order valence-corrected chi connectivity index (χ4v) is 3.59. The van der Waals surface area contributed by atoms with Crippen molar-refractivity contribution in [2.45, 2.75) is 52.2 Å². The van der Waals surface area contributed by atoms with Gasteiger partial charge < -0.3 is 14.8 Å². The van der Waals surface area contributed by atoms with Crippen LogP contribution in [-0.2, 0) is 19.1 Å². The van der Waals surface area contributed by atoms with E-state index in [4.69, 9.17) is 4.74 Å². The van der Waals surface area contributed by atoms with Gasteiger partial charge in [-0.1, -0.05) is 27.2 Å². The van der Waals surface area contributed by atoms with Gasteiger partial charge in [-0.3, -0.25) is 9.69 Å². The van der Waals surface area contributed by atoms with Crippen molar-refractivity contribution in [1.29, 1.82) is 0 Å². The van der Waals surface area contributed by atoms with E-state index in [1.165, 1.54) is 13.5 Å². The maximum atomic E-state index is 12.3. The Morgan fingerprint density at radius 1 is 1.33 bits per heavy atom. The van der Waals surface area contributed by atoms with Gasteiger partial charge in [-0.05, 0) is 30.6 Å². The van der Waals surface area contributed by atoms with Gasteiger partial charge in [0.05, 0.1) is 19.8 Å². The highest BCUT2D eigenvalue weighted by Crippen LogP contribution is 2.35. The van der Waals surface area contributed by atoms with Crippen molar-refractivity contribution in [3.8, 4) is 0 Å². The molecule has 0 aromatic carbocycles. The van der Waals surface area contributed by atoms with Gasteiger partial charge in [0.15, 0.2) is 0 Å². The fourth-order valence-electron chi connectivity index (χ4n) is 3.59. The third-order valence-corrected chi connectivity index (χ3v) is 5.08. The van der Waals surface area contributed by atoms with E-state index in [1.54, 1.807) is 0 Å². The number of imide groups is 1. The Balaban J connectivity index is 1.90. The molecule has 0 radical (unpaired) electrons. The molecule has 0 aromatic rings. The molecular weight excluding hydrogens is 312 g/mol. The van der Waals surface area contributed by atoms with Crippen molar-refractivity contribution in [3.05, 3.63) is 0 Å². The first-order valence-electron chi connectivity index (χ1n) is 8.63. The molecule has 1 heterocycles. The van der Waals surface area contributed by atoms with Crippen molar-refractivity contribution >= 4 is 17.9 Å². The molecule has 0 aromatic heterocycles. The minimum Gasteiger partial charge on any atom is -0.467 e. The lowest BCUT2D eigenvalue weighted by atomic mass is 9.75. The van der Waals surface area contributed by atoms with Crippen LogP contribution in [0, 0.1) is 17.8 Å². The van der Waals surface area contributed by atoms with E-state index in [2.05, 4.69) is 30.8 Å². The smallest absolute Gasteiger partial charge is 0.330 e. The highest BCUT2D eigenvalue weighted by atomic mass is 16.5. The third-order valence-electron chi connectivity index (χ3n) is 5.08. The maximum absolute atomic E-state index is 12.3. The number of urea groups is 1. The lowest BCUT2D eigenvalue weighted by Crippen LogP contribution is -2.40. The molecule has 3 amide bonds. The number of ether oxygens (including phenoxy) is 2. The highest BCUT2D eigenvalue weighted by Gasteiger charge is 2.38. The monoisotopic (exact) mass is 340 g/mol. The van der Waals surface area contributed by atoms with Crippen LogP contribution >= 0.6 is 0 Å². The predicted molar refractivity (Wildman–Crippen MR) is 87.1 cm³/mol. The molecule has 2 aliphatic rings. The van der Waals surface area contributed by atoms with Gasteiger partial charge in [-0.2, -0.15) is 0 Å². The molecule has 1 N–H and O–H groups in total. The van der Waals surface area contributed by atoms with Crippen LogP contribution < -0.4 is 5.32 Å². The Bertz CT molecular complexity index is 493. The van der Waals surface area contributed by atoms with Crippen LogP contribution in [0.2, 0.25) is 0 Å². The second-order valence-corrected chi connectivity index (χ2v) is 7.21. The summed E-state index contributed by atoms with van der Waals surface area (Å²) in [6.07, 6.45) is 3.27. The van der Waals surface area contributed by atoms with E-state index in [-0.39, 0.29) is 19.3 Å². The molecule has 7 heteroatoms. The van der Waals surface area contributed by atoms with E-state index in [9.17, 15) is 14.4 Å². The number of carbonyl (C=O) groups excluding carboxylic acids is 3. The standard InChI is InChI=1S/C17H28N2O5/c1-10(2)12-6-5-11(3)7-14(12)24-9-15(20)19-8-13(16(21)23-4)18-17(19)22/h10-14H,5-9H2,1-4H3,(H,18,22)/t11-,12+,13+,14-/m1/s1. The van der Waals surface area contributed by atoms with Crippen molar-refractivity contribution in [3.63, 3.8) is 0 Å². The van der Waals surface area contributed by atoms with Gasteiger partial charge in [0.1, 0.15) is 12.6 Å². The normalized spacial score (nSPS) is 30.4. The van der Waals surface area contributed by atoms with E-state index in [0.29, 0.717) is 17.8 Å². The van der Waals surface area contributed by atoms with Crippen LogP contribution in [-0.4, -0.2) is 55.2 Å². The van der Waals surface area contributed by atoms with Crippen LogP contribution in [0.4, 0.5) is 4.79 Å². The average Bonchev–Trinajstić information content (AvgIpc) is 2.93. The van der Waals surface area contributed by atoms with E-state index in [0.717, 1.165) is 17.7 Å². The van der Waals surface area contributed by atoms with Gasteiger partial charge in [0, 0.05) is 0 Å². The number of nitrogens with zero attached hydrogens (tertiary/aromatic N) is 1. The molecule has 24 heavy (non-hydrogen) atoms. The Morgan fingerprint density at radius 2 is 2.04 bits per heavy atom. The van der Waals surface area contributed by atoms with Gasteiger partial charge in [0.25, 0.3) is 5.91 Å². The Hall–Kier alpha value is -1.63. The topological polar surface area (TPSA) is 84.9 Å². The molecule has 136 valence electrons. The van der Waals surface area contributed by atoms with Gasteiger partial charge in [0.2, 0.25) is 0 Å². The van der Waals surface area contributed by atoms with Gasteiger partial charge in [-0.25, -0.2) is 9.59 Å². The molecule has 0 unspecified atom stereocenters. The second-order valence-electron chi connectivity index (χ2n) is 7.21. The molecule has 0 spiro atoms. The number of esters is 1. The highest BCUT2D eigenvalue weighted by molar-refractivity contribution is 5.99. The molecule has 0 bridgehead atoms. The average molecular weight is 340 g/mol. The number of nitrogens with one attached hydrogen (secondary N) is 1. The summed E-state index contributed by atoms with van der Waals surface area (Å²) < 4.78 is 10.5. The quantitative estimate of drug-likeness (QED) is 0.768. The number of amides is 3. The Kier molecular flexibility index (Phi) is 6.21. The zero-order valence-corrected chi connectivity index (χ0v) is 14.9. The molecule has 1 aliphatic carbocycles. The zero-order valence-electron chi connectivity index (χ0n) is 14.9. The number of hydrogen-bond acceptors (Lipinski definition) is 5. The van der Waals surface area contributed by atoms with Crippen molar-refractivity contribution in [2.24, 2.45) is 17.8 Å². The first kappa shape index (κ1) is 18.7. The molecule has 2 fully saturated rings. The predicted octanol–water partition coefficient (Wildman–Crippen LogP) is 1.56. The largest absolute Gasteiger partial charge is 0.467 e. The second kappa shape index (κ2) is 7.96. The van der Waals surface area contributed by atoms with Crippen molar-refractivity contribution in [1.82, 2.24) is 10.2 Å². The summed E-state index contributed by atoms with van der Waals surface area (Å²) >= 11 is 0. The fraction of sp³-hybridized carbons (Fsp3) is 0.824. The third kappa shape index (κ3) is 4.26. The summed E-state index contributed by atoms with van der Waals surface area (Å²) in [7, 11) is 1.25. The van der Waals surface area contributed by atoms with Gasteiger partial charge >= 0.3 is 12.0 Å². The van der Waals surface area contributed by atoms with Crippen LogP contribution in [0.1, 0.15) is 40.0 Å². The summed E-state index contributed by atoms with van der Waals surface area (Å²) in [6, 6.07) is -1.37. The molecular formula is C17H28N2O5. The minimum absolute atomic E-state index is 0.0115. The van der Waals surface area contributed by atoms with Crippen molar-refractivity contribution in [2.75, 3.05) is 20.3 Å². The Labute approximate surface area is 143 Å². The van der Waals surface area contributed by atoms with Gasteiger partial charge in [-0.15, -0.1) is 0 Å².